The second-order valence-corrected chi connectivity index (χ2v) is 3.98. The third-order valence-electron chi connectivity index (χ3n) is 2.58. The lowest BCUT2D eigenvalue weighted by molar-refractivity contribution is -0.323. The van der Waals surface area contributed by atoms with Crippen LogP contribution in [0.15, 0.2) is 18.2 Å². The molecule has 0 saturated carbocycles. The van der Waals surface area contributed by atoms with Gasteiger partial charge in [-0.2, -0.15) is 0 Å². The van der Waals surface area contributed by atoms with E-state index in [2.05, 4.69) is 10.1 Å². The van der Waals surface area contributed by atoms with Crippen LogP contribution in [0.5, 0.6) is 11.5 Å². The molecule has 0 aliphatic heterocycles. The Kier molecular flexibility index (Phi) is 6.60. The topological polar surface area (TPSA) is 39.7 Å². The van der Waals surface area contributed by atoms with Crippen molar-refractivity contribution >= 4 is 0 Å². The Hall–Kier alpha value is -1.47. The summed E-state index contributed by atoms with van der Waals surface area (Å²) in [6.45, 7) is 0.304. The van der Waals surface area contributed by atoms with Crippen molar-refractivity contribution < 1.29 is 27.4 Å². The van der Waals surface area contributed by atoms with Gasteiger partial charge < -0.3 is 14.8 Å². The molecule has 0 radical (unpaired) electrons. The van der Waals surface area contributed by atoms with Crippen molar-refractivity contribution in [1.29, 1.82) is 0 Å². The van der Waals surface area contributed by atoms with Crippen molar-refractivity contribution in [2.45, 2.75) is 12.8 Å². The van der Waals surface area contributed by atoms with Crippen molar-refractivity contribution in [3.63, 3.8) is 0 Å². The summed E-state index contributed by atoms with van der Waals surface area (Å²) in [6.07, 6.45) is -3.89. The number of hydrogen-bond donors (Lipinski definition) is 1. The lowest BCUT2D eigenvalue weighted by atomic mass is 10.1. The van der Waals surface area contributed by atoms with Crippen LogP contribution in [-0.4, -0.2) is 40.3 Å². The van der Waals surface area contributed by atoms with Crippen LogP contribution < -0.4 is 14.8 Å². The molecule has 0 saturated heterocycles. The molecule has 1 N–H and O–H groups in total. The van der Waals surface area contributed by atoms with Crippen molar-refractivity contribution in [2.24, 2.45) is 0 Å². The first-order chi connectivity index (χ1) is 9.46. The van der Waals surface area contributed by atoms with Crippen LogP contribution in [0.4, 0.5) is 13.2 Å². The molecule has 114 valence electrons. The highest BCUT2D eigenvalue weighted by Gasteiger charge is 2.28. The number of alkyl halides is 3. The summed E-state index contributed by atoms with van der Waals surface area (Å²) in [7, 11) is 3.11. The van der Waals surface area contributed by atoms with Crippen molar-refractivity contribution in [2.75, 3.05) is 33.9 Å². The van der Waals surface area contributed by atoms with E-state index in [9.17, 15) is 13.2 Å². The SMILES string of the molecule is COc1ccc(CCNCCOC(F)(F)F)cc1OC. The van der Waals surface area contributed by atoms with E-state index >= 15 is 0 Å². The zero-order chi connectivity index (χ0) is 15.0. The van der Waals surface area contributed by atoms with Crippen LogP contribution in [0.3, 0.4) is 0 Å². The van der Waals surface area contributed by atoms with Crippen LogP contribution in [0.2, 0.25) is 0 Å². The molecule has 0 aliphatic rings. The lowest BCUT2D eigenvalue weighted by Crippen LogP contribution is -2.25. The Morgan fingerprint density at radius 3 is 2.35 bits per heavy atom. The minimum Gasteiger partial charge on any atom is -0.493 e. The van der Waals surface area contributed by atoms with Crippen molar-refractivity contribution in [1.82, 2.24) is 5.32 Å². The average molecular weight is 293 g/mol. The van der Waals surface area contributed by atoms with Gasteiger partial charge in [-0.3, -0.25) is 4.74 Å². The zero-order valence-corrected chi connectivity index (χ0v) is 11.4. The average Bonchev–Trinajstić information content (AvgIpc) is 2.41. The molecule has 0 heterocycles. The van der Waals surface area contributed by atoms with Gasteiger partial charge in [0.25, 0.3) is 0 Å². The number of halogens is 3. The van der Waals surface area contributed by atoms with Crippen LogP contribution in [0, 0.1) is 0 Å². The summed E-state index contributed by atoms with van der Waals surface area (Å²) in [6, 6.07) is 5.52. The number of ether oxygens (including phenoxy) is 3. The van der Waals surface area contributed by atoms with E-state index in [0.29, 0.717) is 24.5 Å². The van der Waals surface area contributed by atoms with E-state index in [-0.39, 0.29) is 6.54 Å². The molecule has 1 rings (SSSR count). The van der Waals surface area contributed by atoms with E-state index in [1.165, 1.54) is 0 Å². The third kappa shape index (κ3) is 6.12. The van der Waals surface area contributed by atoms with Gasteiger partial charge >= 0.3 is 6.36 Å². The predicted octanol–water partition coefficient (Wildman–Crippen LogP) is 2.37. The quantitative estimate of drug-likeness (QED) is 0.747. The van der Waals surface area contributed by atoms with E-state index < -0.39 is 13.0 Å². The second kappa shape index (κ2) is 7.96. The Labute approximate surface area is 115 Å². The Bertz CT molecular complexity index is 410. The fourth-order valence-corrected chi connectivity index (χ4v) is 1.63. The number of hydrogen-bond acceptors (Lipinski definition) is 4. The van der Waals surface area contributed by atoms with Gasteiger partial charge in [-0.15, -0.1) is 13.2 Å². The van der Waals surface area contributed by atoms with Crippen LogP contribution >= 0.6 is 0 Å². The van der Waals surface area contributed by atoms with Gasteiger partial charge in [-0.05, 0) is 30.7 Å². The monoisotopic (exact) mass is 293 g/mol. The number of nitrogens with one attached hydrogen (secondary N) is 1. The molecule has 0 fully saturated rings. The number of benzene rings is 1. The van der Waals surface area contributed by atoms with Gasteiger partial charge in [-0.25, -0.2) is 0 Å². The van der Waals surface area contributed by atoms with Crippen molar-refractivity contribution in [3.05, 3.63) is 23.8 Å². The Morgan fingerprint density at radius 1 is 1.05 bits per heavy atom. The molecule has 7 heteroatoms. The van der Waals surface area contributed by atoms with E-state index in [0.717, 1.165) is 5.56 Å². The standard InChI is InChI=1S/C13H18F3NO3/c1-18-11-4-3-10(9-12(11)19-2)5-6-17-7-8-20-13(14,15)16/h3-4,9,17H,5-8H2,1-2H3. The summed E-state index contributed by atoms with van der Waals surface area (Å²) in [5.41, 5.74) is 1.01. The Morgan fingerprint density at radius 2 is 1.75 bits per heavy atom. The molecule has 0 unspecified atom stereocenters. The van der Waals surface area contributed by atoms with Gasteiger partial charge in [-0.1, -0.05) is 6.07 Å². The maximum absolute atomic E-state index is 11.7. The van der Waals surface area contributed by atoms with Crippen LogP contribution in [0.1, 0.15) is 5.56 Å². The van der Waals surface area contributed by atoms with Gasteiger partial charge in [0, 0.05) is 6.54 Å². The zero-order valence-electron chi connectivity index (χ0n) is 11.4. The summed E-state index contributed by atoms with van der Waals surface area (Å²) in [5, 5.41) is 2.88. The normalized spacial score (nSPS) is 11.4. The fourth-order valence-electron chi connectivity index (χ4n) is 1.63. The fraction of sp³-hybridized carbons (Fsp3) is 0.538. The first kappa shape index (κ1) is 16.6. The van der Waals surface area contributed by atoms with Crippen LogP contribution in [-0.2, 0) is 11.2 Å². The highest BCUT2D eigenvalue weighted by Crippen LogP contribution is 2.27. The molecule has 20 heavy (non-hydrogen) atoms. The Balaban J connectivity index is 2.28. The maximum atomic E-state index is 11.7. The van der Waals surface area contributed by atoms with E-state index in [4.69, 9.17) is 9.47 Å². The van der Waals surface area contributed by atoms with Gasteiger partial charge in [0.2, 0.25) is 0 Å². The van der Waals surface area contributed by atoms with Gasteiger partial charge in [0.15, 0.2) is 11.5 Å². The maximum Gasteiger partial charge on any atom is 0.522 e. The molecular weight excluding hydrogens is 275 g/mol. The van der Waals surface area contributed by atoms with Crippen LogP contribution in [0.25, 0.3) is 0 Å². The summed E-state index contributed by atoms with van der Waals surface area (Å²) in [4.78, 5) is 0. The molecule has 0 aromatic heterocycles. The molecule has 0 bridgehead atoms. The lowest BCUT2D eigenvalue weighted by Gasteiger charge is -2.10. The summed E-state index contributed by atoms with van der Waals surface area (Å²) < 4.78 is 49.1. The number of methoxy groups -OCH3 is 2. The summed E-state index contributed by atoms with van der Waals surface area (Å²) >= 11 is 0. The predicted molar refractivity (Wildman–Crippen MR) is 68.1 cm³/mol. The smallest absolute Gasteiger partial charge is 0.493 e. The van der Waals surface area contributed by atoms with E-state index in [1.54, 1.807) is 20.3 Å². The molecule has 1 aromatic rings. The molecular formula is C13H18F3NO3. The summed E-state index contributed by atoms with van der Waals surface area (Å²) in [5.74, 6) is 1.27. The van der Waals surface area contributed by atoms with Gasteiger partial charge in [0.05, 0.1) is 20.8 Å². The van der Waals surface area contributed by atoms with Gasteiger partial charge in [0.1, 0.15) is 0 Å². The van der Waals surface area contributed by atoms with E-state index in [1.807, 2.05) is 12.1 Å². The highest BCUT2D eigenvalue weighted by molar-refractivity contribution is 5.42. The molecule has 0 spiro atoms. The highest BCUT2D eigenvalue weighted by atomic mass is 19.4. The minimum atomic E-state index is -4.56. The molecule has 0 amide bonds. The molecule has 0 aliphatic carbocycles. The first-order valence-electron chi connectivity index (χ1n) is 6.08. The molecule has 4 nitrogen and oxygen atoms in total. The first-order valence-corrected chi connectivity index (χ1v) is 6.08. The third-order valence-corrected chi connectivity index (χ3v) is 2.58. The minimum absolute atomic E-state index is 0.146. The van der Waals surface area contributed by atoms with Crippen molar-refractivity contribution in [3.8, 4) is 11.5 Å². The number of rotatable bonds is 8. The second-order valence-electron chi connectivity index (χ2n) is 3.98. The molecule has 1 aromatic carbocycles. The molecule has 0 atom stereocenters. The largest absolute Gasteiger partial charge is 0.522 e.